The number of nitrogens with one attached hydrogen (secondary N) is 2. The summed E-state index contributed by atoms with van der Waals surface area (Å²) in [6, 6.07) is 11.4. The number of anilines is 1. The van der Waals surface area contributed by atoms with E-state index in [9.17, 15) is 18.4 Å². The summed E-state index contributed by atoms with van der Waals surface area (Å²) in [7, 11) is 1.63. The Bertz CT molecular complexity index is 1420. The Kier molecular flexibility index (Phi) is 8.63. The Morgan fingerprint density at radius 3 is 2.68 bits per heavy atom. The predicted octanol–water partition coefficient (Wildman–Crippen LogP) is 4.56. The summed E-state index contributed by atoms with van der Waals surface area (Å²) in [5.41, 5.74) is -0.880. The van der Waals surface area contributed by atoms with Crippen LogP contribution in [0.5, 0.6) is 5.75 Å². The normalized spacial score (nSPS) is 23.8. The second-order valence-electron chi connectivity index (χ2n) is 9.79. The maximum Gasteiger partial charge on any atom is 0.387 e. The lowest BCUT2D eigenvalue weighted by Gasteiger charge is -2.48. The van der Waals surface area contributed by atoms with Crippen LogP contribution in [0.4, 0.5) is 14.6 Å². The summed E-state index contributed by atoms with van der Waals surface area (Å²) < 4.78 is 40.8. The number of ether oxygens (including phenoxy) is 3. The largest absolute Gasteiger partial charge is 0.433 e. The van der Waals surface area contributed by atoms with Gasteiger partial charge in [0.15, 0.2) is 5.17 Å². The maximum atomic E-state index is 12.9. The van der Waals surface area contributed by atoms with Gasteiger partial charge < -0.3 is 24.8 Å². The molecule has 3 atom stereocenters. The molecule has 0 spiro atoms. The molecule has 216 valence electrons. The number of pyridine rings is 1. The molecule has 2 aliphatic heterocycles. The van der Waals surface area contributed by atoms with Gasteiger partial charge in [0.2, 0.25) is 0 Å². The van der Waals surface area contributed by atoms with Crippen LogP contribution in [0.2, 0.25) is 0 Å². The molecule has 1 aromatic carbocycles. The lowest BCUT2D eigenvalue weighted by atomic mass is 9.76. The number of fused-ring (bicyclic) bond motifs is 1. The topological polar surface area (TPSA) is 124 Å². The molecule has 10 nitrogen and oxygen atoms in total. The second kappa shape index (κ2) is 12.2. The van der Waals surface area contributed by atoms with Crippen molar-refractivity contribution in [3.63, 3.8) is 0 Å². The van der Waals surface area contributed by atoms with E-state index in [-0.39, 0.29) is 35.7 Å². The van der Waals surface area contributed by atoms with E-state index in [1.807, 2.05) is 13.0 Å². The Morgan fingerprint density at radius 1 is 1.17 bits per heavy atom. The smallest absolute Gasteiger partial charge is 0.387 e. The number of alkyl halides is 2. The third-order valence-electron chi connectivity index (χ3n) is 6.73. The number of carbonyl (C=O) groups is 2. The van der Waals surface area contributed by atoms with Crippen molar-refractivity contribution in [2.75, 3.05) is 31.4 Å². The zero-order valence-electron chi connectivity index (χ0n) is 22.1. The van der Waals surface area contributed by atoms with E-state index in [1.54, 1.807) is 36.8 Å². The monoisotopic (exact) mass is 603 g/mol. The Balaban J connectivity index is 1.39. The molecule has 1 saturated heterocycles. The van der Waals surface area contributed by atoms with Crippen molar-refractivity contribution in [2.24, 2.45) is 10.9 Å². The van der Waals surface area contributed by atoms with Crippen molar-refractivity contribution >= 4 is 45.9 Å². The number of hydrogen-bond acceptors (Lipinski definition) is 10. The van der Waals surface area contributed by atoms with Gasteiger partial charge in [0, 0.05) is 29.7 Å². The van der Waals surface area contributed by atoms with Crippen molar-refractivity contribution in [3.8, 4) is 5.75 Å². The number of thiazole rings is 1. The highest BCUT2D eigenvalue weighted by molar-refractivity contribution is 8.13. The van der Waals surface area contributed by atoms with Gasteiger partial charge in [-0.2, -0.15) is 8.78 Å². The standard InChI is InChI=1S/C27H27F2N5O5S2/c1-26(14-37-2)10-17-12-41-25(33-21(35)16-6-4-3-5-7-16)34-27(17,15-38-26)23-32-20(13-40-23)31-22(36)19-9-8-18(11-30-19)39-24(28)29/h3-9,11,13,17,24H,10,12,14-15H2,1-2H3,(H,31,36)(H,33,34,35)/t17-,26+,27-/m0/s1. The lowest BCUT2D eigenvalue weighted by Crippen LogP contribution is -2.55. The van der Waals surface area contributed by atoms with Crippen LogP contribution in [0.3, 0.4) is 0 Å². The molecular formula is C27H27F2N5O5S2. The minimum Gasteiger partial charge on any atom is -0.433 e. The molecule has 5 rings (SSSR count). The number of carbonyl (C=O) groups excluding carboxylic acids is 2. The van der Waals surface area contributed by atoms with E-state index in [4.69, 9.17) is 19.5 Å². The predicted molar refractivity (Wildman–Crippen MR) is 151 cm³/mol. The van der Waals surface area contributed by atoms with Crippen LogP contribution in [0.25, 0.3) is 0 Å². The fourth-order valence-corrected chi connectivity index (χ4v) is 6.88. The molecule has 14 heteroatoms. The first-order valence-electron chi connectivity index (χ1n) is 12.6. The lowest BCUT2D eigenvalue weighted by molar-refractivity contribution is -0.147. The van der Waals surface area contributed by atoms with Gasteiger partial charge >= 0.3 is 6.61 Å². The van der Waals surface area contributed by atoms with E-state index in [1.165, 1.54) is 35.2 Å². The van der Waals surface area contributed by atoms with Gasteiger partial charge in [0.1, 0.15) is 27.8 Å². The maximum absolute atomic E-state index is 12.9. The molecule has 0 radical (unpaired) electrons. The van der Waals surface area contributed by atoms with Crippen LogP contribution in [0.1, 0.15) is 39.2 Å². The van der Waals surface area contributed by atoms with Gasteiger partial charge in [-0.15, -0.1) is 11.3 Å². The molecule has 4 heterocycles. The number of thioether (sulfide) groups is 1. The number of nitrogens with zero attached hydrogens (tertiary/aromatic N) is 3. The number of halogens is 2. The number of amides is 2. The Labute approximate surface area is 242 Å². The van der Waals surface area contributed by atoms with Crippen molar-refractivity contribution in [2.45, 2.75) is 31.1 Å². The molecule has 3 aromatic rings. The quantitative estimate of drug-likeness (QED) is 0.384. The van der Waals surface area contributed by atoms with Gasteiger partial charge in [-0.05, 0) is 37.6 Å². The summed E-state index contributed by atoms with van der Waals surface area (Å²) in [5.74, 6) is -0.0292. The van der Waals surface area contributed by atoms with Crippen LogP contribution in [0.15, 0.2) is 59.0 Å². The molecule has 0 saturated carbocycles. The zero-order valence-corrected chi connectivity index (χ0v) is 23.8. The summed E-state index contributed by atoms with van der Waals surface area (Å²) in [4.78, 5) is 39.2. The SMILES string of the molecule is COC[C@@]1(C)C[C@H]2CSC(NC(=O)c3ccccc3)=N[C@@]2(c2nc(NC(=O)c3ccc(OC(F)F)cn3)cs2)CO1. The third kappa shape index (κ3) is 6.56. The van der Waals surface area contributed by atoms with Gasteiger partial charge in [-0.3, -0.25) is 9.59 Å². The summed E-state index contributed by atoms with van der Waals surface area (Å²) >= 11 is 2.79. The molecule has 0 unspecified atom stereocenters. The number of aliphatic imine (C=N–C) groups is 1. The number of rotatable bonds is 8. The zero-order chi connectivity index (χ0) is 29.0. The Hall–Kier alpha value is -3.46. The van der Waals surface area contributed by atoms with Crippen molar-refractivity contribution in [3.05, 3.63) is 70.3 Å². The highest BCUT2D eigenvalue weighted by Gasteiger charge is 2.53. The van der Waals surface area contributed by atoms with E-state index in [2.05, 4.69) is 20.4 Å². The molecular weight excluding hydrogens is 576 g/mol. The van der Waals surface area contributed by atoms with E-state index >= 15 is 0 Å². The average molecular weight is 604 g/mol. The molecule has 41 heavy (non-hydrogen) atoms. The fraction of sp³-hybridized carbons (Fsp3) is 0.370. The van der Waals surface area contributed by atoms with E-state index < -0.39 is 23.7 Å². The molecule has 1 fully saturated rings. The molecule has 2 N–H and O–H groups in total. The second-order valence-corrected chi connectivity index (χ2v) is 11.7. The molecule has 0 aliphatic carbocycles. The fourth-order valence-electron chi connectivity index (χ4n) is 4.77. The summed E-state index contributed by atoms with van der Waals surface area (Å²) in [6.07, 6.45) is 1.70. The summed E-state index contributed by atoms with van der Waals surface area (Å²) in [6.45, 7) is -0.368. The minimum absolute atomic E-state index is 0.00605. The first-order chi connectivity index (χ1) is 19.7. The number of hydrogen-bond donors (Lipinski definition) is 2. The number of amidine groups is 1. The van der Waals surface area contributed by atoms with Gasteiger partial charge in [0.05, 0.1) is 25.0 Å². The van der Waals surface area contributed by atoms with Crippen molar-refractivity contribution in [1.29, 1.82) is 0 Å². The van der Waals surface area contributed by atoms with E-state index in [0.29, 0.717) is 34.5 Å². The number of methoxy groups -OCH3 is 1. The van der Waals surface area contributed by atoms with Gasteiger partial charge in [0.25, 0.3) is 11.8 Å². The molecule has 2 aromatic heterocycles. The third-order valence-corrected chi connectivity index (χ3v) is 8.78. The van der Waals surface area contributed by atoms with E-state index in [0.717, 1.165) is 6.20 Å². The number of aromatic nitrogens is 2. The first kappa shape index (κ1) is 29.0. The Morgan fingerprint density at radius 2 is 1.98 bits per heavy atom. The van der Waals surface area contributed by atoms with Gasteiger partial charge in [-0.25, -0.2) is 15.0 Å². The molecule has 0 bridgehead atoms. The average Bonchev–Trinajstić information content (AvgIpc) is 3.43. The van der Waals surface area contributed by atoms with Crippen LogP contribution >= 0.6 is 23.1 Å². The molecule has 2 amide bonds. The number of benzene rings is 1. The minimum atomic E-state index is -2.99. The van der Waals surface area contributed by atoms with Crippen LogP contribution < -0.4 is 15.4 Å². The van der Waals surface area contributed by atoms with Crippen LogP contribution in [-0.2, 0) is 15.0 Å². The van der Waals surface area contributed by atoms with Crippen LogP contribution in [0, 0.1) is 5.92 Å². The van der Waals surface area contributed by atoms with Crippen molar-refractivity contribution in [1.82, 2.24) is 15.3 Å². The van der Waals surface area contributed by atoms with Crippen molar-refractivity contribution < 1.29 is 32.6 Å². The highest BCUT2D eigenvalue weighted by atomic mass is 32.2. The van der Waals surface area contributed by atoms with Gasteiger partial charge in [-0.1, -0.05) is 30.0 Å². The first-order valence-corrected chi connectivity index (χ1v) is 14.5. The molecule has 2 aliphatic rings. The summed E-state index contributed by atoms with van der Waals surface area (Å²) in [5, 5.41) is 8.39. The highest BCUT2D eigenvalue weighted by Crippen LogP contribution is 2.49. The van der Waals surface area contributed by atoms with Crippen LogP contribution in [-0.4, -0.2) is 65.2 Å².